The van der Waals surface area contributed by atoms with Gasteiger partial charge in [0.05, 0.1) is 30.2 Å². The number of hydrogen-bond donors (Lipinski definition) is 1. The summed E-state index contributed by atoms with van der Waals surface area (Å²) in [5.74, 6) is 0. The van der Waals surface area contributed by atoms with E-state index < -0.39 is 6.10 Å². The minimum Gasteiger partial charge on any atom is -0.441 e. The quantitative estimate of drug-likeness (QED) is 0.762. The number of anilines is 1. The Morgan fingerprint density at radius 1 is 1.22 bits per heavy atom. The first-order chi connectivity index (χ1) is 13.1. The largest absolute Gasteiger partial charge is 0.441 e. The Morgan fingerprint density at radius 2 is 2.07 bits per heavy atom. The molecule has 0 spiro atoms. The zero-order chi connectivity index (χ0) is 18.5. The van der Waals surface area contributed by atoms with E-state index in [-0.39, 0.29) is 18.7 Å². The number of rotatable bonds is 3. The van der Waals surface area contributed by atoms with Crippen LogP contribution in [0.2, 0.25) is 0 Å². The predicted molar refractivity (Wildman–Crippen MR) is 97.0 cm³/mol. The molecule has 27 heavy (non-hydrogen) atoms. The van der Waals surface area contributed by atoms with Crippen LogP contribution in [0.5, 0.6) is 0 Å². The lowest BCUT2D eigenvalue weighted by atomic mass is 10.0. The van der Waals surface area contributed by atoms with E-state index in [1.807, 2.05) is 43.7 Å². The third-order valence-electron chi connectivity index (χ3n) is 5.12. The van der Waals surface area contributed by atoms with Crippen molar-refractivity contribution in [1.82, 2.24) is 20.0 Å². The number of pyridine rings is 1. The lowest BCUT2D eigenvalue weighted by Gasteiger charge is -2.14. The highest BCUT2D eigenvalue weighted by atomic mass is 16.6. The second kappa shape index (κ2) is 5.88. The fourth-order valence-corrected chi connectivity index (χ4v) is 3.79. The number of cyclic esters (lactones) is 1. The maximum absolute atomic E-state index is 12.1. The molecule has 0 unspecified atom stereocenters. The minimum atomic E-state index is -0.471. The van der Waals surface area contributed by atoms with Crippen LogP contribution < -0.4 is 4.90 Å². The molecule has 1 N–H and O–H groups in total. The Kier molecular flexibility index (Phi) is 3.48. The summed E-state index contributed by atoms with van der Waals surface area (Å²) in [6, 6.07) is 9.77. The van der Waals surface area contributed by atoms with E-state index in [9.17, 15) is 9.90 Å². The van der Waals surface area contributed by atoms with Crippen molar-refractivity contribution in [3.05, 3.63) is 48.3 Å². The summed E-state index contributed by atoms with van der Waals surface area (Å²) in [5, 5.41) is 17.4. The van der Waals surface area contributed by atoms with Crippen LogP contribution in [-0.4, -0.2) is 49.9 Å². The van der Waals surface area contributed by atoms with Crippen LogP contribution in [0.15, 0.2) is 42.7 Å². The molecule has 1 amide bonds. The fraction of sp³-hybridized carbons (Fsp3) is 0.263. The molecule has 136 valence electrons. The number of carbonyl (C=O) groups is 1. The monoisotopic (exact) mass is 363 g/mol. The zero-order valence-electron chi connectivity index (χ0n) is 14.6. The number of nitrogens with zero attached hydrogens (tertiary/aromatic N) is 5. The Morgan fingerprint density at radius 3 is 2.78 bits per heavy atom. The van der Waals surface area contributed by atoms with E-state index in [4.69, 9.17) is 4.74 Å². The molecule has 1 fully saturated rings. The molecular weight excluding hydrogens is 346 g/mol. The van der Waals surface area contributed by atoms with Gasteiger partial charge in [0.2, 0.25) is 0 Å². The van der Waals surface area contributed by atoms with Crippen molar-refractivity contribution in [2.24, 2.45) is 7.05 Å². The maximum atomic E-state index is 12.1. The molecule has 2 atom stereocenters. The average molecular weight is 363 g/mol. The molecule has 1 aromatic carbocycles. The SMILES string of the molecule is Cn1cc(-c2ccc(-c3ccc4c(c3)C[C@H]3[C@H](CO)OC(=O)N43)cn2)nn1. The Hall–Kier alpha value is -3.26. The van der Waals surface area contributed by atoms with Crippen molar-refractivity contribution < 1.29 is 14.6 Å². The molecule has 0 saturated carbocycles. The average Bonchev–Trinajstić information content (AvgIpc) is 3.36. The highest BCUT2D eigenvalue weighted by molar-refractivity contribution is 5.94. The summed E-state index contributed by atoms with van der Waals surface area (Å²) < 4.78 is 6.86. The topological polar surface area (TPSA) is 93.4 Å². The first-order valence-electron chi connectivity index (χ1n) is 8.71. The number of aliphatic hydroxyl groups is 1. The summed E-state index contributed by atoms with van der Waals surface area (Å²) >= 11 is 0. The molecule has 0 radical (unpaired) electrons. The van der Waals surface area contributed by atoms with Gasteiger partial charge in [0, 0.05) is 18.8 Å². The number of ether oxygens (including phenoxy) is 1. The smallest absolute Gasteiger partial charge is 0.415 e. The van der Waals surface area contributed by atoms with E-state index in [2.05, 4.69) is 21.4 Å². The molecule has 2 aromatic heterocycles. The van der Waals surface area contributed by atoms with E-state index >= 15 is 0 Å². The predicted octanol–water partition coefficient (Wildman–Crippen LogP) is 1.79. The van der Waals surface area contributed by atoms with Crippen LogP contribution in [0, 0.1) is 0 Å². The van der Waals surface area contributed by atoms with Crippen molar-refractivity contribution in [2.75, 3.05) is 11.5 Å². The summed E-state index contributed by atoms with van der Waals surface area (Å²) in [7, 11) is 1.82. The molecular formula is C19H17N5O3. The van der Waals surface area contributed by atoms with Crippen molar-refractivity contribution in [3.63, 3.8) is 0 Å². The first-order valence-corrected chi connectivity index (χ1v) is 8.71. The number of benzene rings is 1. The van der Waals surface area contributed by atoms with E-state index in [0.717, 1.165) is 33.8 Å². The van der Waals surface area contributed by atoms with Crippen LogP contribution in [0.3, 0.4) is 0 Å². The van der Waals surface area contributed by atoms with E-state index in [0.29, 0.717) is 6.42 Å². The summed E-state index contributed by atoms with van der Waals surface area (Å²) in [4.78, 5) is 18.2. The second-order valence-corrected chi connectivity index (χ2v) is 6.80. The Labute approximate surface area is 155 Å². The van der Waals surface area contributed by atoms with Gasteiger partial charge >= 0.3 is 6.09 Å². The third-order valence-corrected chi connectivity index (χ3v) is 5.12. The van der Waals surface area contributed by atoms with Crippen LogP contribution in [0.25, 0.3) is 22.5 Å². The van der Waals surface area contributed by atoms with E-state index in [1.165, 1.54) is 0 Å². The van der Waals surface area contributed by atoms with Gasteiger partial charge in [-0.2, -0.15) is 0 Å². The normalized spacial score (nSPS) is 20.5. The number of aryl methyl sites for hydroxylation is 1. The van der Waals surface area contributed by atoms with Gasteiger partial charge in [-0.05, 0) is 35.7 Å². The lowest BCUT2D eigenvalue weighted by Crippen LogP contribution is -2.34. The molecule has 5 rings (SSSR count). The van der Waals surface area contributed by atoms with Crippen LogP contribution in [-0.2, 0) is 18.2 Å². The summed E-state index contributed by atoms with van der Waals surface area (Å²) in [6.07, 6.45) is 3.45. The van der Waals surface area contributed by atoms with Crippen LogP contribution in [0.4, 0.5) is 10.5 Å². The summed E-state index contributed by atoms with van der Waals surface area (Å²) in [5.41, 5.74) is 5.44. The molecule has 0 bridgehead atoms. The van der Waals surface area contributed by atoms with Crippen molar-refractivity contribution in [2.45, 2.75) is 18.6 Å². The van der Waals surface area contributed by atoms with Gasteiger partial charge in [-0.3, -0.25) is 14.6 Å². The minimum absolute atomic E-state index is 0.134. The molecule has 2 aliphatic heterocycles. The molecule has 4 heterocycles. The van der Waals surface area contributed by atoms with Gasteiger partial charge in [-0.1, -0.05) is 17.3 Å². The van der Waals surface area contributed by atoms with Gasteiger partial charge in [-0.25, -0.2) is 4.79 Å². The van der Waals surface area contributed by atoms with Crippen molar-refractivity contribution >= 4 is 11.8 Å². The van der Waals surface area contributed by atoms with Crippen LogP contribution in [0.1, 0.15) is 5.56 Å². The standard InChI is InChI=1S/C19H17N5O3/c1-23-9-15(21-22-23)14-4-2-12(8-20-14)11-3-5-16-13(6-11)7-17-18(10-25)27-19(26)24(16)17/h2-6,8-9,17-18,25H,7,10H2,1H3/t17-,18-/m0/s1. The molecule has 8 nitrogen and oxygen atoms in total. The van der Waals surface area contributed by atoms with Gasteiger partial charge in [0.15, 0.2) is 0 Å². The Bertz CT molecular complexity index is 1030. The molecule has 1 saturated heterocycles. The highest BCUT2D eigenvalue weighted by Crippen LogP contribution is 2.40. The molecule has 3 aromatic rings. The second-order valence-electron chi connectivity index (χ2n) is 6.80. The van der Waals surface area contributed by atoms with E-state index in [1.54, 1.807) is 9.58 Å². The zero-order valence-corrected chi connectivity index (χ0v) is 14.6. The van der Waals surface area contributed by atoms with Crippen LogP contribution >= 0.6 is 0 Å². The number of carbonyl (C=O) groups excluding carboxylic acids is 1. The first kappa shape index (κ1) is 16.0. The molecule has 8 heteroatoms. The number of amides is 1. The fourth-order valence-electron chi connectivity index (χ4n) is 3.79. The van der Waals surface area contributed by atoms with Gasteiger partial charge in [-0.15, -0.1) is 5.10 Å². The number of aliphatic hydroxyl groups excluding tert-OH is 1. The van der Waals surface area contributed by atoms with Gasteiger partial charge < -0.3 is 9.84 Å². The van der Waals surface area contributed by atoms with Gasteiger partial charge in [0.1, 0.15) is 11.8 Å². The Balaban J connectivity index is 1.45. The lowest BCUT2D eigenvalue weighted by molar-refractivity contribution is 0.0830. The highest BCUT2D eigenvalue weighted by Gasteiger charge is 2.47. The molecule has 0 aliphatic carbocycles. The number of fused-ring (bicyclic) bond motifs is 3. The van der Waals surface area contributed by atoms with Crippen molar-refractivity contribution in [1.29, 1.82) is 0 Å². The molecule has 2 aliphatic rings. The number of aromatic nitrogens is 4. The third kappa shape index (κ3) is 2.48. The maximum Gasteiger partial charge on any atom is 0.415 e. The van der Waals surface area contributed by atoms with Crippen molar-refractivity contribution in [3.8, 4) is 22.5 Å². The van der Waals surface area contributed by atoms with Gasteiger partial charge in [0.25, 0.3) is 0 Å². The summed E-state index contributed by atoms with van der Waals surface area (Å²) in [6.45, 7) is -0.165. The number of hydrogen-bond acceptors (Lipinski definition) is 6.